The molecule has 5 nitrogen and oxygen atoms in total. The number of nitrogens with zero attached hydrogens (tertiary/aromatic N) is 3. The van der Waals surface area contributed by atoms with Crippen molar-refractivity contribution >= 4 is 5.97 Å². The molecule has 0 unspecified atom stereocenters. The number of rotatable bonds is 2. The van der Waals surface area contributed by atoms with Crippen LogP contribution in [0.15, 0.2) is 30.7 Å². The van der Waals surface area contributed by atoms with E-state index in [0.29, 0.717) is 5.82 Å². The van der Waals surface area contributed by atoms with Gasteiger partial charge >= 0.3 is 5.97 Å². The molecule has 2 heterocycles. The van der Waals surface area contributed by atoms with Gasteiger partial charge in [-0.1, -0.05) is 0 Å². The summed E-state index contributed by atoms with van der Waals surface area (Å²) in [4.78, 5) is 15.0. The predicted molar refractivity (Wildman–Crippen MR) is 53.1 cm³/mol. The van der Waals surface area contributed by atoms with Crippen molar-refractivity contribution in [1.82, 2.24) is 14.8 Å². The van der Waals surface area contributed by atoms with Crippen LogP contribution in [0, 0.1) is 6.92 Å². The lowest BCUT2D eigenvalue weighted by Gasteiger charge is -2.05. The van der Waals surface area contributed by atoms with Gasteiger partial charge in [-0.2, -0.15) is 5.10 Å². The molecule has 0 saturated carbocycles. The molecule has 0 atom stereocenters. The third kappa shape index (κ3) is 1.71. The first-order valence-electron chi connectivity index (χ1n) is 4.38. The van der Waals surface area contributed by atoms with Gasteiger partial charge in [-0.25, -0.2) is 14.5 Å². The van der Waals surface area contributed by atoms with Crippen LogP contribution in [0.4, 0.5) is 0 Å². The zero-order chi connectivity index (χ0) is 10.8. The second-order valence-corrected chi connectivity index (χ2v) is 3.14. The first-order valence-corrected chi connectivity index (χ1v) is 4.38. The molecule has 0 aliphatic heterocycles. The van der Waals surface area contributed by atoms with E-state index >= 15 is 0 Å². The number of carboxylic acids is 1. The second-order valence-electron chi connectivity index (χ2n) is 3.14. The monoisotopic (exact) mass is 203 g/mol. The van der Waals surface area contributed by atoms with Crippen LogP contribution >= 0.6 is 0 Å². The summed E-state index contributed by atoms with van der Waals surface area (Å²) in [7, 11) is 0. The topological polar surface area (TPSA) is 68.0 Å². The number of carbonyl (C=O) groups is 1. The summed E-state index contributed by atoms with van der Waals surface area (Å²) < 4.78 is 1.43. The van der Waals surface area contributed by atoms with Crippen LogP contribution in [-0.2, 0) is 0 Å². The molecule has 0 aliphatic carbocycles. The first-order chi connectivity index (χ1) is 7.18. The van der Waals surface area contributed by atoms with Crippen LogP contribution in [0.5, 0.6) is 0 Å². The number of hydrogen-bond acceptors (Lipinski definition) is 3. The third-order valence-electron chi connectivity index (χ3n) is 1.96. The second kappa shape index (κ2) is 3.53. The quantitative estimate of drug-likeness (QED) is 0.798. The van der Waals surface area contributed by atoms with E-state index in [1.807, 2.05) is 0 Å². The highest BCUT2D eigenvalue weighted by Crippen LogP contribution is 2.12. The lowest BCUT2D eigenvalue weighted by Crippen LogP contribution is -2.08. The Labute approximate surface area is 86.0 Å². The van der Waals surface area contributed by atoms with E-state index in [2.05, 4.69) is 10.1 Å². The van der Waals surface area contributed by atoms with E-state index in [0.717, 1.165) is 5.56 Å². The first kappa shape index (κ1) is 9.39. The van der Waals surface area contributed by atoms with Gasteiger partial charge in [0.2, 0.25) is 0 Å². The normalized spacial score (nSPS) is 10.2. The van der Waals surface area contributed by atoms with Gasteiger partial charge in [-0.15, -0.1) is 0 Å². The Bertz CT molecular complexity index is 491. The summed E-state index contributed by atoms with van der Waals surface area (Å²) in [6.07, 6.45) is 4.85. The minimum atomic E-state index is -1.00. The average Bonchev–Trinajstić information content (AvgIpc) is 2.70. The molecule has 0 saturated heterocycles. The van der Waals surface area contributed by atoms with Crippen LogP contribution < -0.4 is 0 Å². The van der Waals surface area contributed by atoms with Gasteiger partial charge in [0.15, 0.2) is 5.82 Å². The van der Waals surface area contributed by atoms with Crippen molar-refractivity contribution in [3.05, 3.63) is 41.9 Å². The van der Waals surface area contributed by atoms with Crippen LogP contribution in [0.3, 0.4) is 0 Å². The average molecular weight is 203 g/mol. The van der Waals surface area contributed by atoms with E-state index in [9.17, 15) is 4.79 Å². The van der Waals surface area contributed by atoms with Crippen molar-refractivity contribution in [3.8, 4) is 5.82 Å². The van der Waals surface area contributed by atoms with Gasteiger partial charge < -0.3 is 5.11 Å². The molecular weight excluding hydrogens is 194 g/mol. The number of carboxylic acid groups (broad SMARTS) is 1. The molecule has 0 radical (unpaired) electrons. The highest BCUT2D eigenvalue weighted by molar-refractivity contribution is 5.91. The fraction of sp³-hybridized carbons (Fsp3) is 0.100. The summed E-state index contributed by atoms with van der Waals surface area (Å²) in [6.45, 7) is 1.80. The van der Waals surface area contributed by atoms with Gasteiger partial charge in [0.25, 0.3) is 0 Å². The Balaban J connectivity index is 2.61. The molecule has 2 rings (SSSR count). The largest absolute Gasteiger partial charge is 0.478 e. The summed E-state index contributed by atoms with van der Waals surface area (Å²) in [5, 5.41) is 13.0. The minimum absolute atomic E-state index is 0.152. The van der Waals surface area contributed by atoms with Gasteiger partial charge in [-0.3, -0.25) is 0 Å². The predicted octanol–water partition coefficient (Wildman–Crippen LogP) is 1.27. The van der Waals surface area contributed by atoms with Crippen LogP contribution in [-0.4, -0.2) is 25.8 Å². The molecule has 5 heteroatoms. The van der Waals surface area contributed by atoms with Gasteiger partial charge in [-0.05, 0) is 24.6 Å². The van der Waals surface area contributed by atoms with Crippen LogP contribution in [0.25, 0.3) is 5.82 Å². The Hall–Kier alpha value is -2.17. The maximum absolute atomic E-state index is 11.0. The fourth-order valence-corrected chi connectivity index (χ4v) is 1.30. The van der Waals surface area contributed by atoms with E-state index in [4.69, 9.17) is 5.11 Å². The van der Waals surface area contributed by atoms with Crippen molar-refractivity contribution in [2.45, 2.75) is 6.92 Å². The molecule has 0 fully saturated rings. The molecule has 1 N–H and O–H groups in total. The van der Waals surface area contributed by atoms with E-state index in [-0.39, 0.29) is 5.56 Å². The fourth-order valence-electron chi connectivity index (χ4n) is 1.30. The molecular formula is C10H9N3O2. The highest BCUT2D eigenvalue weighted by Gasteiger charge is 2.13. The van der Waals surface area contributed by atoms with Crippen LogP contribution in [0.2, 0.25) is 0 Å². The summed E-state index contributed by atoms with van der Waals surface area (Å²) >= 11 is 0. The van der Waals surface area contributed by atoms with Gasteiger partial charge in [0, 0.05) is 18.6 Å². The third-order valence-corrected chi connectivity index (χ3v) is 1.96. The van der Waals surface area contributed by atoms with Crippen LogP contribution in [0.1, 0.15) is 15.9 Å². The molecule has 15 heavy (non-hydrogen) atoms. The number of aromatic nitrogens is 3. The molecule has 76 valence electrons. The number of aryl methyl sites for hydroxylation is 1. The SMILES string of the molecule is Cc1cnc(-n2cccn2)c(C(=O)O)c1. The van der Waals surface area contributed by atoms with E-state index in [1.54, 1.807) is 37.6 Å². The molecule has 0 aromatic carbocycles. The molecule has 0 spiro atoms. The van der Waals surface area contributed by atoms with Crippen molar-refractivity contribution in [3.63, 3.8) is 0 Å². The minimum Gasteiger partial charge on any atom is -0.478 e. The Morgan fingerprint density at radius 2 is 2.33 bits per heavy atom. The highest BCUT2D eigenvalue weighted by atomic mass is 16.4. The lowest BCUT2D eigenvalue weighted by atomic mass is 10.2. The number of aromatic carboxylic acids is 1. The zero-order valence-corrected chi connectivity index (χ0v) is 8.08. The Kier molecular flexibility index (Phi) is 2.21. The molecule has 2 aromatic heterocycles. The maximum Gasteiger partial charge on any atom is 0.339 e. The van der Waals surface area contributed by atoms with Crippen molar-refractivity contribution in [2.24, 2.45) is 0 Å². The molecule has 2 aromatic rings. The Morgan fingerprint density at radius 3 is 2.93 bits per heavy atom. The number of pyridine rings is 1. The molecule has 0 aliphatic rings. The van der Waals surface area contributed by atoms with E-state index in [1.165, 1.54) is 4.68 Å². The standard InChI is InChI=1S/C10H9N3O2/c1-7-5-8(10(14)15)9(11-6-7)13-4-2-3-12-13/h2-6H,1H3,(H,14,15). The van der Waals surface area contributed by atoms with Crippen molar-refractivity contribution < 1.29 is 9.90 Å². The lowest BCUT2D eigenvalue weighted by molar-refractivity contribution is 0.0696. The summed E-state index contributed by atoms with van der Waals surface area (Å²) in [5.74, 6) is -0.671. The van der Waals surface area contributed by atoms with E-state index < -0.39 is 5.97 Å². The molecule has 0 amide bonds. The van der Waals surface area contributed by atoms with Gasteiger partial charge in [0.05, 0.1) is 0 Å². The molecule has 0 bridgehead atoms. The van der Waals surface area contributed by atoms with Crippen molar-refractivity contribution in [2.75, 3.05) is 0 Å². The zero-order valence-electron chi connectivity index (χ0n) is 8.08. The smallest absolute Gasteiger partial charge is 0.339 e. The summed E-state index contributed by atoms with van der Waals surface area (Å²) in [5.41, 5.74) is 0.960. The maximum atomic E-state index is 11.0. The number of hydrogen-bond donors (Lipinski definition) is 1. The Morgan fingerprint density at radius 1 is 1.53 bits per heavy atom. The summed E-state index contributed by atoms with van der Waals surface area (Å²) in [6, 6.07) is 3.29. The van der Waals surface area contributed by atoms with Crippen molar-refractivity contribution in [1.29, 1.82) is 0 Å². The van der Waals surface area contributed by atoms with Gasteiger partial charge in [0.1, 0.15) is 5.56 Å².